The molecule has 9 unspecified atom stereocenters. The molecular formula is C43H72O12. The molecule has 6 aliphatic rings. The molecule has 0 aromatic rings. The van der Waals surface area contributed by atoms with Crippen molar-refractivity contribution >= 4 is 23.9 Å². The first kappa shape index (κ1) is 45.4. The van der Waals surface area contributed by atoms with E-state index in [-0.39, 0.29) is 77.8 Å². The van der Waals surface area contributed by atoms with Gasteiger partial charge in [0, 0.05) is 11.8 Å². The lowest BCUT2D eigenvalue weighted by Crippen LogP contribution is -2.41. The monoisotopic (exact) mass is 781 g/mol. The van der Waals surface area contributed by atoms with Crippen LogP contribution in [0.1, 0.15) is 148 Å². The van der Waals surface area contributed by atoms with Gasteiger partial charge in [-0.1, -0.05) is 27.7 Å². The van der Waals surface area contributed by atoms with Gasteiger partial charge in [-0.15, -0.1) is 0 Å². The maximum absolute atomic E-state index is 12.2. The zero-order valence-corrected chi connectivity index (χ0v) is 36.1. The molecule has 3 saturated heterocycles. The molecule has 12 heteroatoms. The van der Waals surface area contributed by atoms with Crippen LogP contribution in [0, 0.1) is 40.4 Å². The van der Waals surface area contributed by atoms with Crippen molar-refractivity contribution in [2.75, 3.05) is 19.8 Å². The Kier molecular flexibility index (Phi) is 14.6. The molecule has 0 spiro atoms. The van der Waals surface area contributed by atoms with Crippen LogP contribution in [0.15, 0.2) is 0 Å². The maximum atomic E-state index is 12.2. The summed E-state index contributed by atoms with van der Waals surface area (Å²) in [7, 11) is 0. The van der Waals surface area contributed by atoms with Gasteiger partial charge in [-0.2, -0.15) is 0 Å². The highest BCUT2D eigenvalue weighted by molar-refractivity contribution is 5.77. The lowest BCUT2D eigenvalue weighted by atomic mass is 9.80. The lowest BCUT2D eigenvalue weighted by Gasteiger charge is -2.29. The largest absolute Gasteiger partial charge is 0.465 e. The van der Waals surface area contributed by atoms with E-state index in [9.17, 15) is 19.2 Å². The van der Waals surface area contributed by atoms with E-state index in [4.69, 9.17) is 37.9 Å². The molecule has 55 heavy (non-hydrogen) atoms. The molecule has 0 N–H and O–H groups in total. The number of esters is 4. The van der Waals surface area contributed by atoms with Crippen LogP contribution in [-0.4, -0.2) is 85.3 Å². The molecule has 0 amide bonds. The molecule has 12 nitrogen and oxygen atoms in total. The fourth-order valence-electron chi connectivity index (χ4n) is 8.28. The summed E-state index contributed by atoms with van der Waals surface area (Å²) >= 11 is 0. The number of ether oxygens (including phenoxy) is 8. The topological polar surface area (TPSA) is 142 Å². The van der Waals surface area contributed by atoms with Crippen molar-refractivity contribution in [3.63, 3.8) is 0 Å². The summed E-state index contributed by atoms with van der Waals surface area (Å²) in [5.41, 5.74) is -1.01. The van der Waals surface area contributed by atoms with E-state index in [1.807, 2.05) is 83.1 Å². The molecule has 0 radical (unpaired) electrons. The number of fused-ring (bicyclic) bond motifs is 5. The molecule has 0 aromatic heterocycles. The third kappa shape index (κ3) is 11.2. The summed E-state index contributed by atoms with van der Waals surface area (Å²) in [5.74, 6) is -0.661. The third-order valence-electron chi connectivity index (χ3n) is 12.9. The first-order chi connectivity index (χ1) is 25.5. The Balaban J connectivity index is 0.000000189. The quantitative estimate of drug-likeness (QED) is 0.150. The van der Waals surface area contributed by atoms with E-state index in [2.05, 4.69) is 6.92 Å². The average molecular weight is 781 g/mol. The first-order valence-electron chi connectivity index (χ1n) is 20.9. The van der Waals surface area contributed by atoms with E-state index in [1.165, 1.54) is 12.8 Å². The van der Waals surface area contributed by atoms with Gasteiger partial charge in [-0.3, -0.25) is 19.2 Å². The Hall–Kier alpha value is -2.28. The van der Waals surface area contributed by atoms with E-state index >= 15 is 0 Å². The van der Waals surface area contributed by atoms with Crippen LogP contribution in [0.5, 0.6) is 0 Å². The van der Waals surface area contributed by atoms with Crippen LogP contribution in [0.4, 0.5) is 0 Å². The predicted octanol–water partition coefficient (Wildman–Crippen LogP) is 7.71. The van der Waals surface area contributed by atoms with Gasteiger partial charge in [0.1, 0.15) is 36.6 Å². The van der Waals surface area contributed by atoms with Crippen LogP contribution in [0.3, 0.4) is 0 Å². The van der Waals surface area contributed by atoms with Gasteiger partial charge in [-0.25, -0.2) is 0 Å². The Labute approximate surface area is 330 Å². The Morgan fingerprint density at radius 2 is 1.44 bits per heavy atom. The standard InChI is InChI=1S/C17H30O6.C14H20O4.C12H22O2/c1-8-15(2,3)14(18)19-9-11-13(23-17(6,7)22-11)12-10-20-16(4,5)21-12;1-3-7(2)13(15)18-11-5-8-4-9(11)10-6-17-14(16)12(8)10;1-5-11(2,3)10(13)14-12(4)8-6-7-9-12/h11-13H,8-10H2,1-7H3;7-12H,3-6H2,1-2H3;5-9H2,1-4H3. The van der Waals surface area contributed by atoms with E-state index < -0.39 is 17.0 Å². The van der Waals surface area contributed by atoms with Crippen LogP contribution in [-0.2, 0) is 57.1 Å². The van der Waals surface area contributed by atoms with Crippen molar-refractivity contribution in [1.29, 1.82) is 0 Å². The summed E-state index contributed by atoms with van der Waals surface area (Å²) in [6.45, 7) is 26.1. The maximum Gasteiger partial charge on any atom is 0.312 e. The summed E-state index contributed by atoms with van der Waals surface area (Å²) in [5, 5.41) is 0. The van der Waals surface area contributed by atoms with Crippen LogP contribution < -0.4 is 0 Å². The Bertz CT molecular complexity index is 1350. The van der Waals surface area contributed by atoms with Gasteiger partial charge in [-0.05, 0) is 126 Å². The predicted molar refractivity (Wildman–Crippen MR) is 204 cm³/mol. The van der Waals surface area contributed by atoms with Crippen molar-refractivity contribution in [2.45, 2.75) is 189 Å². The van der Waals surface area contributed by atoms with Gasteiger partial charge < -0.3 is 37.9 Å². The molecule has 2 bridgehead atoms. The normalized spacial score (nSPS) is 33.0. The average Bonchev–Trinajstić information content (AvgIpc) is 3.97. The minimum atomic E-state index is -0.738. The van der Waals surface area contributed by atoms with Crippen molar-refractivity contribution in [3.05, 3.63) is 0 Å². The lowest BCUT2D eigenvalue weighted by molar-refractivity contribution is -0.175. The highest BCUT2D eigenvalue weighted by atomic mass is 16.8. The molecule has 6 fully saturated rings. The second-order valence-corrected chi connectivity index (χ2v) is 19.1. The summed E-state index contributed by atoms with van der Waals surface area (Å²) in [6, 6.07) is 0. The molecule has 3 aliphatic heterocycles. The smallest absolute Gasteiger partial charge is 0.312 e. The van der Waals surface area contributed by atoms with Crippen molar-refractivity contribution in [1.82, 2.24) is 0 Å². The van der Waals surface area contributed by atoms with E-state index in [0.29, 0.717) is 31.0 Å². The van der Waals surface area contributed by atoms with Gasteiger partial charge in [0.2, 0.25) is 0 Å². The molecule has 6 rings (SSSR count). The third-order valence-corrected chi connectivity index (χ3v) is 12.9. The van der Waals surface area contributed by atoms with Gasteiger partial charge in [0.25, 0.3) is 0 Å². The number of carbonyl (C=O) groups is 4. The minimum Gasteiger partial charge on any atom is -0.465 e. The van der Waals surface area contributed by atoms with Gasteiger partial charge in [0.15, 0.2) is 11.6 Å². The van der Waals surface area contributed by atoms with Crippen molar-refractivity contribution in [3.8, 4) is 0 Å². The molecule has 0 aromatic carbocycles. The first-order valence-corrected chi connectivity index (χ1v) is 20.9. The molecule has 316 valence electrons. The zero-order valence-electron chi connectivity index (χ0n) is 36.1. The minimum absolute atomic E-state index is 0.0206. The second kappa shape index (κ2) is 17.7. The van der Waals surface area contributed by atoms with Gasteiger partial charge >= 0.3 is 23.9 Å². The number of hydrogen-bond donors (Lipinski definition) is 0. The molecule has 3 saturated carbocycles. The number of cyclic esters (lactones) is 1. The van der Waals surface area contributed by atoms with E-state index in [0.717, 1.165) is 44.9 Å². The molecular weight excluding hydrogens is 708 g/mol. The second-order valence-electron chi connectivity index (χ2n) is 19.1. The zero-order chi connectivity index (χ0) is 41.1. The highest BCUT2D eigenvalue weighted by Gasteiger charge is 2.60. The van der Waals surface area contributed by atoms with Crippen molar-refractivity contribution < 1.29 is 57.1 Å². The van der Waals surface area contributed by atoms with Crippen LogP contribution in [0.25, 0.3) is 0 Å². The summed E-state index contributed by atoms with van der Waals surface area (Å²) in [4.78, 5) is 47.4. The Morgan fingerprint density at radius 3 is 2.00 bits per heavy atom. The van der Waals surface area contributed by atoms with Crippen molar-refractivity contribution in [2.24, 2.45) is 40.4 Å². The number of rotatable bonds is 11. The highest BCUT2D eigenvalue weighted by Crippen LogP contribution is 2.56. The Morgan fingerprint density at radius 1 is 0.818 bits per heavy atom. The summed E-state index contributed by atoms with van der Waals surface area (Å²) in [6.07, 6.45) is 7.76. The van der Waals surface area contributed by atoms with Crippen LogP contribution in [0.2, 0.25) is 0 Å². The summed E-state index contributed by atoms with van der Waals surface area (Å²) < 4.78 is 45.2. The number of hydrogen-bond acceptors (Lipinski definition) is 12. The van der Waals surface area contributed by atoms with Crippen LogP contribution >= 0.6 is 0 Å². The molecule has 3 aliphatic carbocycles. The fourth-order valence-corrected chi connectivity index (χ4v) is 8.28. The van der Waals surface area contributed by atoms with Gasteiger partial charge in [0.05, 0.1) is 35.9 Å². The molecule has 3 heterocycles. The van der Waals surface area contributed by atoms with E-state index in [1.54, 1.807) is 0 Å². The SMILES string of the molecule is CCC(C)(C)C(=O)OC1(C)CCCC1.CCC(C)(C)C(=O)OCC1OC(C)(C)OC1C1COC(C)(C)O1.CCC(C)C(=O)OC1CC2CC1C1COC(=O)C21. The fraction of sp³-hybridized carbons (Fsp3) is 0.907. The molecule has 9 atom stereocenters. The number of carbonyl (C=O) groups excluding carboxylic acids is 4.